The molecule has 0 aliphatic heterocycles. The molecule has 3 N–H and O–H groups in total. The van der Waals surface area contributed by atoms with E-state index in [0.717, 1.165) is 11.3 Å². The van der Waals surface area contributed by atoms with Gasteiger partial charge < -0.3 is 5.11 Å². The van der Waals surface area contributed by atoms with Gasteiger partial charge >= 0.3 is 0 Å². The van der Waals surface area contributed by atoms with Crippen molar-refractivity contribution in [2.24, 2.45) is 0 Å². The van der Waals surface area contributed by atoms with Gasteiger partial charge in [-0.05, 0) is 24.6 Å². The third-order valence-corrected chi connectivity index (χ3v) is 4.74. The predicted molar refractivity (Wildman–Crippen MR) is 74.7 cm³/mol. The maximum Gasteiger partial charge on any atom is 0.242 e. The molecule has 1 heterocycles. The molecule has 108 valence electrons. The lowest BCUT2D eigenvalue weighted by molar-refractivity contribution is 0.281. The lowest BCUT2D eigenvalue weighted by atomic mass is 10.2. The normalized spacial score (nSPS) is 11.8. The fraction of sp³-hybridized carbons (Fsp3) is 0.250. The molecule has 0 saturated carbocycles. The van der Waals surface area contributed by atoms with Gasteiger partial charge in [0.25, 0.3) is 0 Å². The van der Waals surface area contributed by atoms with Crippen molar-refractivity contribution in [3.05, 3.63) is 46.2 Å². The van der Waals surface area contributed by atoms with Gasteiger partial charge in [-0.3, -0.25) is 5.10 Å². The lowest BCUT2D eigenvalue weighted by Crippen LogP contribution is -2.23. The summed E-state index contributed by atoms with van der Waals surface area (Å²) < 4.78 is 26.9. The van der Waals surface area contributed by atoms with Crippen molar-refractivity contribution >= 4 is 21.6 Å². The number of rotatable bonds is 5. The van der Waals surface area contributed by atoms with E-state index in [1.165, 1.54) is 12.1 Å². The molecular weight excluding hydrogens is 302 g/mol. The zero-order valence-corrected chi connectivity index (χ0v) is 12.3. The number of aliphatic hydroxyl groups is 1. The second kappa shape index (κ2) is 5.92. The number of aryl methyl sites for hydroxylation is 1. The van der Waals surface area contributed by atoms with Crippen molar-refractivity contribution in [1.82, 2.24) is 14.9 Å². The molecule has 0 radical (unpaired) electrons. The molecule has 0 unspecified atom stereocenters. The molecule has 0 atom stereocenters. The molecule has 0 saturated heterocycles. The number of sulfonamides is 1. The van der Waals surface area contributed by atoms with Gasteiger partial charge in [-0.15, -0.1) is 0 Å². The van der Waals surface area contributed by atoms with E-state index in [2.05, 4.69) is 14.9 Å². The highest BCUT2D eigenvalue weighted by molar-refractivity contribution is 7.89. The fourth-order valence-corrected chi connectivity index (χ4v) is 3.21. The van der Waals surface area contributed by atoms with Gasteiger partial charge in [0.15, 0.2) is 0 Å². The Labute approximate surface area is 121 Å². The number of nitrogens with one attached hydrogen (secondary N) is 2. The molecule has 6 nitrogen and oxygen atoms in total. The minimum Gasteiger partial charge on any atom is -0.392 e. The Bertz CT molecular complexity index is 712. The van der Waals surface area contributed by atoms with Crippen LogP contribution in [0.3, 0.4) is 0 Å². The Morgan fingerprint density at radius 3 is 2.80 bits per heavy atom. The number of hydrogen-bond acceptors (Lipinski definition) is 4. The molecule has 0 bridgehead atoms. The largest absolute Gasteiger partial charge is 0.392 e. The topological polar surface area (TPSA) is 95.1 Å². The van der Waals surface area contributed by atoms with E-state index in [9.17, 15) is 8.42 Å². The van der Waals surface area contributed by atoms with Crippen molar-refractivity contribution in [3.8, 4) is 0 Å². The average molecular weight is 316 g/mol. The Hall–Kier alpha value is -1.41. The minimum atomic E-state index is -3.75. The number of nitrogens with zero attached hydrogens (tertiary/aromatic N) is 1. The van der Waals surface area contributed by atoms with Crippen LogP contribution in [0.4, 0.5) is 0 Å². The number of aromatic amines is 1. The average Bonchev–Trinajstić information content (AvgIpc) is 2.82. The molecule has 2 aromatic rings. The summed E-state index contributed by atoms with van der Waals surface area (Å²) in [6.45, 7) is 1.67. The second-order valence-corrected chi connectivity index (χ2v) is 6.41. The molecule has 0 aliphatic rings. The monoisotopic (exact) mass is 315 g/mol. The van der Waals surface area contributed by atoms with E-state index in [-0.39, 0.29) is 23.1 Å². The van der Waals surface area contributed by atoms with Crippen LogP contribution in [0, 0.1) is 6.92 Å². The van der Waals surface area contributed by atoms with E-state index in [1.54, 1.807) is 19.2 Å². The third kappa shape index (κ3) is 3.18. The molecule has 2 rings (SSSR count). The summed E-state index contributed by atoms with van der Waals surface area (Å²) in [6.07, 6.45) is 1.56. The number of H-pyrrole nitrogens is 1. The van der Waals surface area contributed by atoms with E-state index in [1.807, 2.05) is 0 Å². The van der Waals surface area contributed by atoms with Crippen LogP contribution in [-0.4, -0.2) is 23.7 Å². The van der Waals surface area contributed by atoms with Crippen molar-refractivity contribution in [2.45, 2.75) is 25.0 Å². The lowest BCUT2D eigenvalue weighted by Gasteiger charge is -2.09. The summed E-state index contributed by atoms with van der Waals surface area (Å²) in [5, 5.41) is 15.7. The SMILES string of the molecule is Cc1[nH]ncc1CNS(=O)(=O)c1cc(CO)ccc1Cl. The minimum absolute atomic E-state index is 0.0492. The summed E-state index contributed by atoms with van der Waals surface area (Å²) in [6, 6.07) is 4.37. The maximum atomic E-state index is 12.2. The van der Waals surface area contributed by atoms with Gasteiger partial charge in [-0.2, -0.15) is 5.10 Å². The molecule has 0 amide bonds. The molecule has 0 aliphatic carbocycles. The van der Waals surface area contributed by atoms with Crippen LogP contribution in [0.5, 0.6) is 0 Å². The first kappa shape index (κ1) is 15.0. The van der Waals surface area contributed by atoms with E-state index < -0.39 is 10.0 Å². The first-order chi connectivity index (χ1) is 9.44. The van der Waals surface area contributed by atoms with E-state index >= 15 is 0 Å². The van der Waals surface area contributed by atoms with Crippen LogP contribution < -0.4 is 4.72 Å². The Kier molecular flexibility index (Phi) is 4.44. The van der Waals surface area contributed by atoms with E-state index in [4.69, 9.17) is 16.7 Å². The Morgan fingerprint density at radius 1 is 1.45 bits per heavy atom. The van der Waals surface area contributed by atoms with Gasteiger partial charge in [0.2, 0.25) is 10.0 Å². The second-order valence-electron chi connectivity index (χ2n) is 4.27. The van der Waals surface area contributed by atoms with Crippen LogP contribution in [0.25, 0.3) is 0 Å². The smallest absolute Gasteiger partial charge is 0.242 e. The maximum absolute atomic E-state index is 12.2. The summed E-state index contributed by atoms with van der Waals surface area (Å²) in [7, 11) is -3.75. The quantitative estimate of drug-likeness (QED) is 0.776. The summed E-state index contributed by atoms with van der Waals surface area (Å²) >= 11 is 5.91. The highest BCUT2D eigenvalue weighted by Crippen LogP contribution is 2.23. The van der Waals surface area contributed by atoms with Crippen LogP contribution in [0.2, 0.25) is 5.02 Å². The number of benzene rings is 1. The van der Waals surface area contributed by atoms with Crippen LogP contribution in [0.1, 0.15) is 16.8 Å². The Morgan fingerprint density at radius 2 is 2.20 bits per heavy atom. The van der Waals surface area contributed by atoms with Crippen LogP contribution >= 0.6 is 11.6 Å². The van der Waals surface area contributed by atoms with Gasteiger partial charge in [-0.1, -0.05) is 17.7 Å². The number of aliphatic hydroxyl groups excluding tert-OH is 1. The van der Waals surface area contributed by atoms with Crippen molar-refractivity contribution in [1.29, 1.82) is 0 Å². The zero-order chi connectivity index (χ0) is 14.8. The van der Waals surface area contributed by atoms with Crippen molar-refractivity contribution < 1.29 is 13.5 Å². The number of halogens is 1. The molecular formula is C12H14ClN3O3S. The number of hydrogen-bond donors (Lipinski definition) is 3. The highest BCUT2D eigenvalue weighted by Gasteiger charge is 2.18. The van der Waals surface area contributed by atoms with Gasteiger partial charge in [-0.25, -0.2) is 13.1 Å². The van der Waals surface area contributed by atoms with E-state index in [0.29, 0.717) is 5.56 Å². The number of aromatic nitrogens is 2. The standard InChI is InChI=1S/C12H14ClN3O3S/c1-8-10(5-14-16-8)6-15-20(18,19)12-4-9(7-17)2-3-11(12)13/h2-5,15,17H,6-7H2,1H3,(H,14,16). The zero-order valence-electron chi connectivity index (χ0n) is 10.7. The van der Waals surface area contributed by atoms with Crippen molar-refractivity contribution in [3.63, 3.8) is 0 Å². The molecule has 20 heavy (non-hydrogen) atoms. The first-order valence-corrected chi connectivity index (χ1v) is 7.68. The van der Waals surface area contributed by atoms with Gasteiger partial charge in [0.05, 0.1) is 17.8 Å². The predicted octanol–water partition coefficient (Wildman–Crippen LogP) is 1.34. The van der Waals surface area contributed by atoms with Gasteiger partial charge in [0, 0.05) is 17.8 Å². The molecule has 0 spiro atoms. The fourth-order valence-electron chi connectivity index (χ4n) is 1.66. The van der Waals surface area contributed by atoms with Gasteiger partial charge in [0.1, 0.15) is 4.90 Å². The van der Waals surface area contributed by atoms with Crippen LogP contribution in [-0.2, 0) is 23.2 Å². The Balaban J connectivity index is 2.24. The van der Waals surface area contributed by atoms with Crippen LogP contribution in [0.15, 0.2) is 29.3 Å². The molecule has 0 fully saturated rings. The molecule has 1 aromatic carbocycles. The third-order valence-electron chi connectivity index (χ3n) is 2.85. The summed E-state index contributed by atoms with van der Waals surface area (Å²) in [5.41, 5.74) is 2.03. The first-order valence-electron chi connectivity index (χ1n) is 5.82. The van der Waals surface area contributed by atoms with Crippen molar-refractivity contribution in [2.75, 3.05) is 0 Å². The summed E-state index contributed by atoms with van der Waals surface area (Å²) in [4.78, 5) is -0.0492. The molecule has 1 aromatic heterocycles. The summed E-state index contributed by atoms with van der Waals surface area (Å²) in [5.74, 6) is 0. The molecule has 8 heteroatoms. The highest BCUT2D eigenvalue weighted by atomic mass is 35.5.